The summed E-state index contributed by atoms with van der Waals surface area (Å²) in [5, 5.41) is 10.3. The molecule has 3 nitrogen and oxygen atoms in total. The minimum atomic E-state index is -0.400. The molecule has 1 aromatic rings. The van der Waals surface area contributed by atoms with Crippen LogP contribution in [0.2, 0.25) is 0 Å². The monoisotopic (exact) mass is 289 g/mol. The van der Waals surface area contributed by atoms with Crippen LogP contribution in [-0.4, -0.2) is 18.1 Å². The molecule has 1 aliphatic heterocycles. The van der Waals surface area contributed by atoms with Gasteiger partial charge in [0.05, 0.1) is 12.5 Å². The molecule has 2 rings (SSSR count). The van der Waals surface area contributed by atoms with Crippen LogP contribution in [0.15, 0.2) is 18.2 Å². The highest BCUT2D eigenvalue weighted by Gasteiger charge is 2.24. The molecule has 0 fully saturated rings. The third kappa shape index (κ3) is 4.07. The van der Waals surface area contributed by atoms with E-state index in [1.807, 2.05) is 18.2 Å². The largest absolute Gasteiger partial charge is 0.388 e. The number of fused-ring (bicyclic) bond motifs is 1. The molecule has 0 aromatic heterocycles. The number of nitrogens with zero attached hydrogens (tertiary/aromatic N) is 1. The van der Waals surface area contributed by atoms with Gasteiger partial charge in [-0.3, -0.25) is 4.79 Å². The van der Waals surface area contributed by atoms with Crippen LogP contribution >= 0.6 is 0 Å². The van der Waals surface area contributed by atoms with E-state index in [0.29, 0.717) is 6.42 Å². The zero-order valence-electron chi connectivity index (χ0n) is 13.3. The predicted molar refractivity (Wildman–Crippen MR) is 86.5 cm³/mol. The van der Waals surface area contributed by atoms with Crippen molar-refractivity contribution in [2.75, 3.05) is 11.9 Å². The van der Waals surface area contributed by atoms with E-state index in [2.05, 4.69) is 6.92 Å². The Bertz CT molecular complexity index is 484. The van der Waals surface area contributed by atoms with E-state index < -0.39 is 6.10 Å². The number of likely N-dealkylation sites (N-methyl/N-ethyl adjacent to an activating group) is 1. The third-order valence-electron chi connectivity index (χ3n) is 4.40. The summed E-state index contributed by atoms with van der Waals surface area (Å²) in [5.41, 5.74) is 2.97. The first-order valence-corrected chi connectivity index (χ1v) is 8.21. The van der Waals surface area contributed by atoms with E-state index in [9.17, 15) is 9.90 Å². The maximum Gasteiger partial charge on any atom is 0.231 e. The fraction of sp³-hybridized carbons (Fsp3) is 0.611. The number of carbonyl (C=O) groups is 1. The Hall–Kier alpha value is -1.35. The van der Waals surface area contributed by atoms with Crippen molar-refractivity contribution >= 4 is 11.6 Å². The Labute approximate surface area is 128 Å². The van der Waals surface area contributed by atoms with Gasteiger partial charge in [-0.05, 0) is 23.6 Å². The highest BCUT2D eigenvalue weighted by molar-refractivity contribution is 6.00. The quantitative estimate of drug-likeness (QED) is 0.735. The van der Waals surface area contributed by atoms with Crippen LogP contribution < -0.4 is 4.90 Å². The fourth-order valence-electron chi connectivity index (χ4n) is 2.98. The summed E-state index contributed by atoms with van der Waals surface area (Å²) in [6, 6.07) is 5.91. The molecule has 0 spiro atoms. The molecule has 0 aliphatic carbocycles. The number of hydrogen-bond donors (Lipinski definition) is 1. The topological polar surface area (TPSA) is 40.5 Å². The van der Waals surface area contributed by atoms with Crippen molar-refractivity contribution in [3.05, 3.63) is 29.3 Å². The number of amides is 1. The predicted octanol–water partition coefficient (Wildman–Crippen LogP) is 3.99. The van der Waals surface area contributed by atoms with Crippen LogP contribution in [0.5, 0.6) is 0 Å². The van der Waals surface area contributed by atoms with Crippen molar-refractivity contribution in [2.24, 2.45) is 0 Å². The van der Waals surface area contributed by atoms with E-state index in [1.165, 1.54) is 32.1 Å². The summed E-state index contributed by atoms with van der Waals surface area (Å²) < 4.78 is 0. The molecule has 116 valence electrons. The Morgan fingerprint density at radius 3 is 2.67 bits per heavy atom. The molecule has 1 atom stereocenters. The van der Waals surface area contributed by atoms with Gasteiger partial charge >= 0.3 is 0 Å². The first-order valence-electron chi connectivity index (χ1n) is 8.21. The number of carbonyl (C=O) groups excluding carboxylic acids is 1. The molecule has 0 saturated carbocycles. The lowest BCUT2D eigenvalue weighted by Crippen LogP contribution is -2.20. The Balaban J connectivity index is 1.82. The van der Waals surface area contributed by atoms with Crippen molar-refractivity contribution in [3.8, 4) is 0 Å². The lowest BCUT2D eigenvalue weighted by atomic mass is 9.99. The molecule has 21 heavy (non-hydrogen) atoms. The molecule has 1 aliphatic rings. The molecular weight excluding hydrogens is 262 g/mol. The standard InChI is InChI=1S/C18H27NO2/c1-3-4-5-6-7-8-9-17(20)14-10-11-16-15(12-14)13-18(21)19(16)2/h10-12,17,20H,3-9,13H2,1-2H3. The first-order chi connectivity index (χ1) is 10.1. The van der Waals surface area contributed by atoms with E-state index in [0.717, 1.165) is 29.7 Å². The van der Waals surface area contributed by atoms with Crippen molar-refractivity contribution in [1.82, 2.24) is 0 Å². The number of anilines is 1. The highest BCUT2D eigenvalue weighted by atomic mass is 16.3. The van der Waals surface area contributed by atoms with Gasteiger partial charge in [0, 0.05) is 12.7 Å². The molecule has 1 unspecified atom stereocenters. The molecule has 0 radical (unpaired) electrons. The summed E-state index contributed by atoms with van der Waals surface area (Å²) in [7, 11) is 1.81. The normalized spacial score (nSPS) is 15.4. The van der Waals surface area contributed by atoms with E-state index in [-0.39, 0.29) is 5.91 Å². The van der Waals surface area contributed by atoms with Crippen LogP contribution in [0, 0.1) is 0 Å². The van der Waals surface area contributed by atoms with Crippen LogP contribution in [0.1, 0.15) is 69.1 Å². The van der Waals surface area contributed by atoms with Gasteiger partial charge in [0.25, 0.3) is 0 Å². The number of aliphatic hydroxyl groups excluding tert-OH is 1. The van der Waals surface area contributed by atoms with Crippen molar-refractivity contribution in [2.45, 2.75) is 64.4 Å². The van der Waals surface area contributed by atoms with Crippen LogP contribution in [-0.2, 0) is 11.2 Å². The average molecular weight is 289 g/mol. The summed E-state index contributed by atoms with van der Waals surface area (Å²) in [4.78, 5) is 13.4. The van der Waals surface area contributed by atoms with Crippen LogP contribution in [0.25, 0.3) is 0 Å². The summed E-state index contributed by atoms with van der Waals surface area (Å²) in [5.74, 6) is 0.132. The zero-order valence-corrected chi connectivity index (χ0v) is 13.3. The average Bonchev–Trinajstić information content (AvgIpc) is 2.77. The molecule has 0 bridgehead atoms. The second-order valence-electron chi connectivity index (χ2n) is 6.09. The summed E-state index contributed by atoms with van der Waals surface area (Å²) in [6.07, 6.45) is 8.30. The third-order valence-corrected chi connectivity index (χ3v) is 4.40. The maximum atomic E-state index is 11.7. The Morgan fingerprint density at radius 2 is 1.90 bits per heavy atom. The fourth-order valence-corrected chi connectivity index (χ4v) is 2.98. The lowest BCUT2D eigenvalue weighted by Gasteiger charge is -2.14. The molecular formula is C18H27NO2. The zero-order chi connectivity index (χ0) is 15.2. The molecule has 0 saturated heterocycles. The van der Waals surface area contributed by atoms with Gasteiger partial charge in [-0.15, -0.1) is 0 Å². The maximum absolute atomic E-state index is 11.7. The van der Waals surface area contributed by atoms with Gasteiger partial charge in [-0.25, -0.2) is 0 Å². The van der Waals surface area contributed by atoms with Crippen molar-refractivity contribution in [1.29, 1.82) is 0 Å². The van der Waals surface area contributed by atoms with Crippen molar-refractivity contribution in [3.63, 3.8) is 0 Å². The smallest absolute Gasteiger partial charge is 0.231 e. The number of rotatable bonds is 8. The minimum absolute atomic E-state index is 0.132. The SMILES string of the molecule is CCCCCCCCC(O)c1ccc2c(c1)CC(=O)N2C. The van der Waals surface area contributed by atoms with Gasteiger partial charge in [-0.1, -0.05) is 57.6 Å². The number of aliphatic hydroxyl groups is 1. The summed E-state index contributed by atoms with van der Waals surface area (Å²) >= 11 is 0. The van der Waals surface area contributed by atoms with Crippen LogP contribution in [0.3, 0.4) is 0 Å². The number of benzene rings is 1. The van der Waals surface area contributed by atoms with Crippen molar-refractivity contribution < 1.29 is 9.90 Å². The second-order valence-corrected chi connectivity index (χ2v) is 6.09. The van der Waals surface area contributed by atoms with Gasteiger partial charge in [0.2, 0.25) is 5.91 Å². The lowest BCUT2D eigenvalue weighted by molar-refractivity contribution is -0.117. The van der Waals surface area contributed by atoms with Gasteiger partial charge in [0.15, 0.2) is 0 Å². The molecule has 1 N–H and O–H groups in total. The highest BCUT2D eigenvalue weighted by Crippen LogP contribution is 2.31. The summed E-state index contributed by atoms with van der Waals surface area (Å²) in [6.45, 7) is 2.22. The van der Waals surface area contributed by atoms with E-state index in [1.54, 1.807) is 11.9 Å². The van der Waals surface area contributed by atoms with Gasteiger partial charge in [-0.2, -0.15) is 0 Å². The Kier molecular flexibility index (Phi) is 5.80. The second kappa shape index (κ2) is 7.60. The number of unbranched alkanes of at least 4 members (excludes halogenated alkanes) is 5. The van der Waals surface area contributed by atoms with Gasteiger partial charge in [0.1, 0.15) is 0 Å². The molecule has 1 amide bonds. The van der Waals surface area contributed by atoms with Crippen LogP contribution in [0.4, 0.5) is 5.69 Å². The van der Waals surface area contributed by atoms with E-state index in [4.69, 9.17) is 0 Å². The number of hydrogen-bond acceptors (Lipinski definition) is 2. The molecule has 1 heterocycles. The minimum Gasteiger partial charge on any atom is -0.388 e. The Morgan fingerprint density at radius 1 is 1.19 bits per heavy atom. The first kappa shape index (κ1) is 16.0. The van der Waals surface area contributed by atoms with Gasteiger partial charge < -0.3 is 10.0 Å². The molecule has 1 aromatic carbocycles. The molecule has 3 heteroatoms. The van der Waals surface area contributed by atoms with E-state index >= 15 is 0 Å².